The summed E-state index contributed by atoms with van der Waals surface area (Å²) in [5.74, 6) is 1.43. The zero-order chi connectivity index (χ0) is 23.1. The molecule has 3 saturated heterocycles. The summed E-state index contributed by atoms with van der Waals surface area (Å²) >= 11 is 6.58. The van der Waals surface area contributed by atoms with Gasteiger partial charge in [0.1, 0.15) is 24.2 Å². The molecular weight excluding hydrogens is 452 g/mol. The summed E-state index contributed by atoms with van der Waals surface area (Å²) in [5, 5.41) is 5.63. The van der Waals surface area contributed by atoms with Gasteiger partial charge in [-0.15, -0.1) is 0 Å². The third kappa shape index (κ3) is 4.42. The Morgan fingerprint density at radius 3 is 2.68 bits per heavy atom. The van der Waals surface area contributed by atoms with Gasteiger partial charge in [0.25, 0.3) is 5.56 Å². The number of pyridine rings is 1. The van der Waals surface area contributed by atoms with Crippen molar-refractivity contribution in [2.75, 3.05) is 13.2 Å². The van der Waals surface area contributed by atoms with Crippen LogP contribution < -0.4 is 20.3 Å². The number of nitrogens with zero attached hydrogens (tertiary/aromatic N) is 1. The molecule has 3 aliphatic heterocycles. The third-order valence-electron chi connectivity index (χ3n) is 7.25. The quantitative estimate of drug-likeness (QED) is 0.545. The Labute approximate surface area is 203 Å². The number of rotatable bonds is 6. The molecule has 0 spiro atoms. The minimum atomic E-state index is -0.0946. The van der Waals surface area contributed by atoms with Gasteiger partial charge in [-0.3, -0.25) is 9.36 Å². The van der Waals surface area contributed by atoms with E-state index >= 15 is 0 Å². The predicted molar refractivity (Wildman–Crippen MR) is 133 cm³/mol. The van der Waals surface area contributed by atoms with E-state index in [9.17, 15) is 4.79 Å². The third-order valence-corrected chi connectivity index (χ3v) is 7.55. The average molecular weight is 481 g/mol. The minimum absolute atomic E-state index is 0.0946. The van der Waals surface area contributed by atoms with Crippen molar-refractivity contribution in [3.8, 4) is 17.2 Å². The summed E-state index contributed by atoms with van der Waals surface area (Å²) in [7, 11) is 0. The normalized spacial score (nSPS) is 26.1. The summed E-state index contributed by atoms with van der Waals surface area (Å²) in [6, 6.07) is 14.2. The second kappa shape index (κ2) is 9.25. The number of hydrogen-bond donors (Lipinski definition) is 1. The second-order valence-corrected chi connectivity index (χ2v) is 10.1. The molecule has 6 nitrogen and oxygen atoms in total. The zero-order valence-corrected chi connectivity index (χ0v) is 19.8. The van der Waals surface area contributed by atoms with Crippen LogP contribution in [0.2, 0.25) is 5.02 Å². The fourth-order valence-corrected chi connectivity index (χ4v) is 5.72. The number of aromatic nitrogens is 1. The summed E-state index contributed by atoms with van der Waals surface area (Å²) in [5.41, 5.74) is 0.621. The Kier molecular flexibility index (Phi) is 5.97. The first kappa shape index (κ1) is 22.0. The van der Waals surface area contributed by atoms with Crippen LogP contribution in [0.4, 0.5) is 0 Å². The first-order chi connectivity index (χ1) is 16.6. The van der Waals surface area contributed by atoms with Crippen LogP contribution in [-0.4, -0.2) is 42.1 Å². The molecule has 3 aliphatic rings. The molecule has 2 unspecified atom stereocenters. The van der Waals surface area contributed by atoms with Crippen LogP contribution >= 0.6 is 11.6 Å². The molecule has 3 fully saturated rings. The van der Waals surface area contributed by atoms with E-state index in [0.29, 0.717) is 40.5 Å². The van der Waals surface area contributed by atoms with Crippen LogP contribution in [0.3, 0.4) is 0 Å². The van der Waals surface area contributed by atoms with E-state index in [2.05, 4.69) is 5.32 Å². The number of hydrogen-bond acceptors (Lipinski definition) is 5. The van der Waals surface area contributed by atoms with Gasteiger partial charge < -0.3 is 19.5 Å². The van der Waals surface area contributed by atoms with E-state index in [1.807, 2.05) is 36.4 Å². The maximum Gasteiger partial charge on any atom is 0.262 e. The van der Waals surface area contributed by atoms with Gasteiger partial charge in [-0.05, 0) is 86.4 Å². The van der Waals surface area contributed by atoms with Crippen LogP contribution in [0.25, 0.3) is 16.5 Å². The lowest BCUT2D eigenvalue weighted by atomic mass is 10.0. The number of nitrogens with one attached hydrogen (secondary N) is 1. The highest BCUT2D eigenvalue weighted by Gasteiger charge is 2.34. The molecule has 34 heavy (non-hydrogen) atoms. The van der Waals surface area contributed by atoms with Crippen molar-refractivity contribution < 1.29 is 14.2 Å². The maximum absolute atomic E-state index is 13.2. The monoisotopic (exact) mass is 480 g/mol. The van der Waals surface area contributed by atoms with Gasteiger partial charge in [0.2, 0.25) is 0 Å². The largest absolute Gasteiger partial charge is 0.491 e. The van der Waals surface area contributed by atoms with Gasteiger partial charge >= 0.3 is 0 Å². The first-order valence-corrected chi connectivity index (χ1v) is 12.6. The van der Waals surface area contributed by atoms with Crippen LogP contribution in [-0.2, 0) is 4.74 Å². The van der Waals surface area contributed by atoms with Gasteiger partial charge in [0.15, 0.2) is 0 Å². The van der Waals surface area contributed by atoms with Crippen molar-refractivity contribution >= 4 is 22.4 Å². The lowest BCUT2D eigenvalue weighted by molar-refractivity contribution is 0.0680. The Hall–Kier alpha value is -2.54. The molecule has 3 atom stereocenters. The number of halogens is 1. The number of ether oxygens (including phenoxy) is 3. The smallest absolute Gasteiger partial charge is 0.262 e. The van der Waals surface area contributed by atoms with Gasteiger partial charge in [0, 0.05) is 30.3 Å². The highest BCUT2D eigenvalue weighted by molar-refractivity contribution is 6.32. The highest BCUT2D eigenvalue weighted by atomic mass is 35.5. The predicted octanol–water partition coefficient (Wildman–Crippen LogP) is 4.86. The molecule has 2 aromatic carbocycles. The van der Waals surface area contributed by atoms with Crippen LogP contribution in [0.5, 0.6) is 11.5 Å². The average Bonchev–Trinajstić information content (AvgIpc) is 3.48. The molecule has 3 aromatic rings. The fraction of sp³-hybridized carbons (Fsp3) is 0.444. The molecule has 1 aromatic heterocycles. The summed E-state index contributed by atoms with van der Waals surface area (Å²) in [6.07, 6.45) is 8.72. The molecule has 7 heteroatoms. The van der Waals surface area contributed by atoms with Crippen molar-refractivity contribution in [3.05, 3.63) is 64.0 Å². The number of benzene rings is 2. The topological polar surface area (TPSA) is 61.7 Å². The van der Waals surface area contributed by atoms with Crippen LogP contribution in [0, 0.1) is 0 Å². The van der Waals surface area contributed by atoms with E-state index in [1.165, 1.54) is 12.8 Å². The Balaban J connectivity index is 1.20. The molecule has 0 saturated carbocycles. The summed E-state index contributed by atoms with van der Waals surface area (Å²) in [6.45, 7) is 1.34. The summed E-state index contributed by atoms with van der Waals surface area (Å²) < 4.78 is 19.4. The first-order valence-electron chi connectivity index (χ1n) is 12.2. The van der Waals surface area contributed by atoms with Gasteiger partial charge in [-0.25, -0.2) is 0 Å². The lowest BCUT2D eigenvalue weighted by Gasteiger charge is -2.29. The molecule has 0 amide bonds. The van der Waals surface area contributed by atoms with E-state index in [1.54, 1.807) is 16.8 Å². The fourth-order valence-electron chi connectivity index (χ4n) is 5.50. The Morgan fingerprint density at radius 2 is 1.91 bits per heavy atom. The van der Waals surface area contributed by atoms with E-state index in [-0.39, 0.29) is 17.8 Å². The van der Waals surface area contributed by atoms with Gasteiger partial charge in [-0.1, -0.05) is 11.6 Å². The van der Waals surface area contributed by atoms with Crippen molar-refractivity contribution in [2.24, 2.45) is 0 Å². The molecule has 0 radical (unpaired) electrons. The zero-order valence-electron chi connectivity index (χ0n) is 19.0. The van der Waals surface area contributed by atoms with Crippen LogP contribution in [0.1, 0.15) is 38.5 Å². The lowest BCUT2D eigenvalue weighted by Crippen LogP contribution is -2.42. The van der Waals surface area contributed by atoms with Crippen molar-refractivity contribution in [1.29, 1.82) is 0 Å². The molecular formula is C27H29ClN2O4. The second-order valence-electron chi connectivity index (χ2n) is 9.65. The summed E-state index contributed by atoms with van der Waals surface area (Å²) in [4.78, 5) is 13.2. The van der Waals surface area contributed by atoms with Crippen molar-refractivity contribution in [3.63, 3.8) is 0 Å². The van der Waals surface area contributed by atoms with E-state index in [4.69, 9.17) is 25.8 Å². The highest BCUT2D eigenvalue weighted by Crippen LogP contribution is 2.33. The van der Waals surface area contributed by atoms with Crippen molar-refractivity contribution in [2.45, 2.75) is 62.8 Å². The molecule has 6 rings (SSSR count). The molecule has 0 aliphatic carbocycles. The minimum Gasteiger partial charge on any atom is -0.491 e. The van der Waals surface area contributed by atoms with E-state index < -0.39 is 0 Å². The molecule has 2 bridgehead atoms. The number of fused-ring (bicyclic) bond motifs is 3. The molecule has 4 heterocycles. The van der Waals surface area contributed by atoms with Gasteiger partial charge in [-0.2, -0.15) is 0 Å². The van der Waals surface area contributed by atoms with E-state index in [0.717, 1.165) is 43.4 Å². The number of piperidine rings is 1. The standard InChI is InChI=1S/C27H29ClN2O4/c28-25-15-20(5-8-26(25)34-23-13-18-3-4-19(14-23)29-18)30-10-9-17-12-21(6-7-24(17)27(30)31)33-16-22-2-1-11-32-22/h5-10,12,15,18-19,22-23,29H,1-4,11,13-14,16H2/t18?,19?,22-,23?/m0/s1. The Morgan fingerprint density at radius 1 is 1.06 bits per heavy atom. The van der Waals surface area contributed by atoms with Crippen LogP contribution in [0.15, 0.2) is 53.5 Å². The maximum atomic E-state index is 13.2. The molecule has 178 valence electrons. The Bertz CT molecular complexity index is 1240. The van der Waals surface area contributed by atoms with Gasteiger partial charge in [0.05, 0.1) is 16.8 Å². The molecule has 1 N–H and O–H groups in total. The van der Waals surface area contributed by atoms with Crippen molar-refractivity contribution in [1.82, 2.24) is 9.88 Å². The SMILES string of the molecule is O=c1c2ccc(OC[C@@H]3CCCO3)cc2ccn1-c1ccc(OC2CC3CCC(C2)N3)c(Cl)c1.